The van der Waals surface area contributed by atoms with E-state index in [1.807, 2.05) is 0 Å². The van der Waals surface area contributed by atoms with Crippen molar-refractivity contribution in [3.05, 3.63) is 0 Å². The van der Waals surface area contributed by atoms with Crippen LogP contribution in [0.4, 0.5) is 0 Å². The van der Waals surface area contributed by atoms with Crippen molar-refractivity contribution < 1.29 is 25.5 Å². The van der Waals surface area contributed by atoms with E-state index in [1.165, 1.54) is 51.4 Å². The van der Waals surface area contributed by atoms with Crippen LogP contribution >= 0.6 is 12.6 Å². The summed E-state index contributed by atoms with van der Waals surface area (Å²) in [6.45, 7) is 1.56. The third kappa shape index (κ3) is 10.9. The molecule has 5 atom stereocenters. The van der Waals surface area contributed by atoms with Gasteiger partial charge in [0, 0.05) is 5.25 Å². The van der Waals surface area contributed by atoms with Gasteiger partial charge in [-0.15, -0.1) is 0 Å². The molecule has 0 rings (SSSR count). The Morgan fingerprint density at radius 1 is 0.667 bits per heavy atom. The van der Waals surface area contributed by atoms with Gasteiger partial charge < -0.3 is 25.5 Å². The van der Waals surface area contributed by atoms with E-state index >= 15 is 0 Å². The van der Waals surface area contributed by atoms with E-state index in [0.717, 1.165) is 12.8 Å². The molecule has 24 heavy (non-hydrogen) atoms. The normalized spacial score (nSPS) is 18.1. The van der Waals surface area contributed by atoms with Gasteiger partial charge in [-0.25, -0.2) is 0 Å². The van der Waals surface area contributed by atoms with Gasteiger partial charge >= 0.3 is 0 Å². The van der Waals surface area contributed by atoms with Crippen molar-refractivity contribution in [2.75, 3.05) is 6.61 Å². The smallest absolute Gasteiger partial charge is 0.111 e. The minimum atomic E-state index is -1.58. The monoisotopic (exact) mass is 366 g/mol. The summed E-state index contributed by atoms with van der Waals surface area (Å²) in [4.78, 5) is 0. The molecule has 0 spiro atoms. The fraction of sp³-hybridized carbons (Fsp3) is 1.00. The predicted octanol–water partition coefficient (Wildman–Crippen LogP) is 2.03. The zero-order chi connectivity index (χ0) is 18.4. The van der Waals surface area contributed by atoms with Gasteiger partial charge in [-0.3, -0.25) is 0 Å². The lowest BCUT2D eigenvalue weighted by atomic mass is 9.97. The van der Waals surface area contributed by atoms with Crippen LogP contribution in [0.1, 0.15) is 77.6 Å². The van der Waals surface area contributed by atoms with Crippen molar-refractivity contribution >= 4 is 12.6 Å². The highest BCUT2D eigenvalue weighted by molar-refractivity contribution is 7.81. The molecule has 0 heterocycles. The molecule has 0 amide bonds. The number of thiol groups is 1. The van der Waals surface area contributed by atoms with Gasteiger partial charge in [0.15, 0.2) is 0 Å². The van der Waals surface area contributed by atoms with Crippen LogP contribution < -0.4 is 0 Å². The van der Waals surface area contributed by atoms with Crippen LogP contribution in [0.25, 0.3) is 0 Å². The second-order valence-electron chi connectivity index (χ2n) is 6.76. The summed E-state index contributed by atoms with van der Waals surface area (Å²) >= 11 is 4.28. The van der Waals surface area contributed by atoms with E-state index in [-0.39, 0.29) is 0 Å². The zero-order valence-corrected chi connectivity index (χ0v) is 15.9. The van der Waals surface area contributed by atoms with Crippen molar-refractivity contribution in [2.45, 2.75) is 107 Å². The number of rotatable bonds is 16. The first-order valence-electron chi connectivity index (χ1n) is 9.46. The molecule has 0 saturated carbocycles. The van der Waals surface area contributed by atoms with E-state index in [1.54, 1.807) is 0 Å². The van der Waals surface area contributed by atoms with Gasteiger partial charge in [0.05, 0.1) is 12.7 Å². The minimum Gasteiger partial charge on any atom is -0.394 e. The molecule has 6 heteroatoms. The van der Waals surface area contributed by atoms with Crippen LogP contribution in [-0.2, 0) is 0 Å². The maximum Gasteiger partial charge on any atom is 0.111 e. The molecule has 5 N–H and O–H groups in total. The Labute approximate surface area is 152 Å². The molecule has 0 fully saturated rings. The van der Waals surface area contributed by atoms with Crippen molar-refractivity contribution in [3.8, 4) is 0 Å². The van der Waals surface area contributed by atoms with Gasteiger partial charge in [0.2, 0.25) is 0 Å². The average molecular weight is 367 g/mol. The van der Waals surface area contributed by atoms with E-state index in [4.69, 9.17) is 5.11 Å². The molecule has 0 aromatic carbocycles. The van der Waals surface area contributed by atoms with Crippen molar-refractivity contribution in [2.24, 2.45) is 0 Å². The predicted molar refractivity (Wildman–Crippen MR) is 100 cm³/mol. The van der Waals surface area contributed by atoms with E-state index in [0.29, 0.717) is 6.42 Å². The second kappa shape index (κ2) is 15.4. The van der Waals surface area contributed by atoms with Crippen LogP contribution in [0, 0.1) is 0 Å². The molecule has 0 aliphatic rings. The highest BCUT2D eigenvalue weighted by atomic mass is 32.1. The summed E-state index contributed by atoms with van der Waals surface area (Å²) in [6, 6.07) is 0. The minimum absolute atomic E-state index is 0.463. The molecule has 0 aromatic rings. The largest absolute Gasteiger partial charge is 0.394 e. The summed E-state index contributed by atoms with van der Waals surface area (Å²) in [5.41, 5.74) is 0. The van der Waals surface area contributed by atoms with Gasteiger partial charge in [-0.1, -0.05) is 71.1 Å². The summed E-state index contributed by atoms with van der Waals surface area (Å²) in [7, 11) is 0. The summed E-state index contributed by atoms with van der Waals surface area (Å²) in [5.74, 6) is 0. The second-order valence-corrected chi connectivity index (χ2v) is 7.42. The topological polar surface area (TPSA) is 101 Å². The maximum absolute atomic E-state index is 9.97. The Balaban J connectivity index is 3.68. The lowest BCUT2D eigenvalue weighted by molar-refractivity contribution is -0.115. The molecule has 5 nitrogen and oxygen atoms in total. The van der Waals surface area contributed by atoms with Gasteiger partial charge in [-0.2, -0.15) is 12.6 Å². The molecular weight excluding hydrogens is 328 g/mol. The van der Waals surface area contributed by atoms with Crippen LogP contribution in [0.3, 0.4) is 0 Å². The summed E-state index contributed by atoms with van der Waals surface area (Å²) < 4.78 is 0. The first-order chi connectivity index (χ1) is 11.5. The van der Waals surface area contributed by atoms with Crippen molar-refractivity contribution in [3.63, 3.8) is 0 Å². The quantitative estimate of drug-likeness (QED) is 0.185. The standard InChI is InChI=1S/C18H38O5S/c1-2-3-4-5-6-7-8-9-10-11-12-15(24)17(22)18(23)16(21)14(20)13-19/h14-24H,2-13H2,1H3/t14-,15?,16-,17+,18+/m1/s1. The van der Waals surface area contributed by atoms with E-state index in [9.17, 15) is 20.4 Å². The lowest BCUT2D eigenvalue weighted by Gasteiger charge is -2.28. The molecule has 1 unspecified atom stereocenters. The number of aliphatic hydroxyl groups excluding tert-OH is 5. The third-order valence-electron chi connectivity index (χ3n) is 4.53. The zero-order valence-electron chi connectivity index (χ0n) is 15.1. The number of unbranched alkanes of at least 4 members (excludes halogenated alkanes) is 9. The Bertz CT molecular complexity index is 280. The van der Waals surface area contributed by atoms with Gasteiger partial charge in [0.1, 0.15) is 18.3 Å². The van der Waals surface area contributed by atoms with Crippen LogP contribution in [-0.4, -0.2) is 61.8 Å². The third-order valence-corrected chi connectivity index (χ3v) is 5.09. The summed E-state index contributed by atoms with van der Waals surface area (Å²) in [5, 5.41) is 47.0. The average Bonchev–Trinajstić information content (AvgIpc) is 2.60. The first kappa shape index (κ1) is 24.1. The van der Waals surface area contributed by atoms with Crippen LogP contribution in [0.5, 0.6) is 0 Å². The molecule has 0 aliphatic carbocycles. The molecule has 0 aliphatic heterocycles. The lowest BCUT2D eigenvalue weighted by Crippen LogP contribution is -2.48. The SMILES string of the molecule is CCCCCCCCCCCCC(S)[C@H](O)[C@@H](O)[C@H](O)[C@H](O)CO. The van der Waals surface area contributed by atoms with E-state index < -0.39 is 36.3 Å². The molecule has 0 bridgehead atoms. The fourth-order valence-electron chi connectivity index (χ4n) is 2.78. The Hall–Kier alpha value is 0.150. The molecule has 0 radical (unpaired) electrons. The van der Waals surface area contributed by atoms with Gasteiger partial charge in [-0.05, 0) is 6.42 Å². The van der Waals surface area contributed by atoms with E-state index in [2.05, 4.69) is 19.6 Å². The highest BCUT2D eigenvalue weighted by Gasteiger charge is 2.33. The van der Waals surface area contributed by atoms with Gasteiger partial charge in [0.25, 0.3) is 0 Å². The molecular formula is C18H38O5S. The molecule has 0 aromatic heterocycles. The fourth-order valence-corrected chi connectivity index (χ4v) is 3.14. The van der Waals surface area contributed by atoms with Crippen LogP contribution in [0.2, 0.25) is 0 Å². The van der Waals surface area contributed by atoms with Crippen molar-refractivity contribution in [1.29, 1.82) is 0 Å². The van der Waals surface area contributed by atoms with Crippen LogP contribution in [0.15, 0.2) is 0 Å². The first-order valence-corrected chi connectivity index (χ1v) is 9.98. The number of hydrogen-bond donors (Lipinski definition) is 6. The Morgan fingerprint density at radius 2 is 1.12 bits per heavy atom. The molecule has 0 saturated heterocycles. The highest BCUT2D eigenvalue weighted by Crippen LogP contribution is 2.19. The Morgan fingerprint density at radius 3 is 1.58 bits per heavy atom. The number of aliphatic hydroxyl groups is 5. The maximum atomic E-state index is 9.97. The summed E-state index contributed by atoms with van der Waals surface area (Å²) in [6.07, 6.45) is 7.10. The molecule has 146 valence electrons. The Kier molecular flexibility index (Phi) is 15.5. The number of hydrogen-bond acceptors (Lipinski definition) is 6. The van der Waals surface area contributed by atoms with Crippen molar-refractivity contribution in [1.82, 2.24) is 0 Å².